The monoisotopic (exact) mass is 360 g/mol. The number of sulfone groups is 1. The molecule has 0 fully saturated rings. The summed E-state index contributed by atoms with van der Waals surface area (Å²) in [6.07, 6.45) is 2.99. The lowest BCUT2D eigenvalue weighted by atomic mass is 10.2. The summed E-state index contributed by atoms with van der Waals surface area (Å²) in [5.41, 5.74) is 6.38. The first-order valence-corrected chi connectivity index (χ1v) is 8.60. The summed E-state index contributed by atoms with van der Waals surface area (Å²) < 4.78 is 28.0. The lowest BCUT2D eigenvalue weighted by Crippen LogP contribution is -2.16. The van der Waals surface area contributed by atoms with Crippen LogP contribution < -0.4 is 5.73 Å². The van der Waals surface area contributed by atoms with Gasteiger partial charge in [0.25, 0.3) is 0 Å². The molecule has 0 amide bonds. The van der Waals surface area contributed by atoms with E-state index in [2.05, 4.69) is 31.1 Å². The Bertz CT molecular complexity index is 701. The van der Waals surface area contributed by atoms with E-state index < -0.39 is 15.9 Å². The molecule has 1 atom stereocenters. The average Bonchev–Trinajstić information content (AvgIpc) is 2.85. The maximum Gasteiger partial charge on any atom is 0.243 e. The molecular formula is C11H13BrN4O3S. The summed E-state index contributed by atoms with van der Waals surface area (Å²) in [5.74, 6) is 0.475. The summed E-state index contributed by atoms with van der Waals surface area (Å²) in [6, 6.07) is 2.96. The van der Waals surface area contributed by atoms with E-state index in [0.717, 1.165) is 10.7 Å². The van der Waals surface area contributed by atoms with Crippen molar-refractivity contribution in [2.45, 2.75) is 12.5 Å². The number of hydrogen-bond acceptors (Lipinski definition) is 7. The molecule has 2 heterocycles. The van der Waals surface area contributed by atoms with Crippen molar-refractivity contribution in [1.82, 2.24) is 15.1 Å². The average molecular weight is 361 g/mol. The van der Waals surface area contributed by atoms with Gasteiger partial charge in [-0.3, -0.25) is 4.98 Å². The molecule has 0 radical (unpaired) electrons. The predicted molar refractivity (Wildman–Crippen MR) is 76.5 cm³/mol. The van der Waals surface area contributed by atoms with Crippen molar-refractivity contribution in [2.75, 3.05) is 12.0 Å². The van der Waals surface area contributed by atoms with Crippen LogP contribution in [0, 0.1) is 0 Å². The van der Waals surface area contributed by atoms with Crippen LogP contribution >= 0.6 is 15.9 Å². The molecule has 0 aliphatic carbocycles. The summed E-state index contributed by atoms with van der Waals surface area (Å²) in [6.45, 7) is 0. The zero-order chi connectivity index (χ0) is 14.8. The number of halogens is 1. The summed E-state index contributed by atoms with van der Waals surface area (Å²) in [7, 11) is -3.07. The quantitative estimate of drug-likeness (QED) is 0.855. The minimum Gasteiger partial charge on any atom is -0.337 e. The Morgan fingerprint density at radius 3 is 2.90 bits per heavy atom. The minimum atomic E-state index is -3.07. The molecule has 20 heavy (non-hydrogen) atoms. The van der Waals surface area contributed by atoms with Crippen LogP contribution in [0.25, 0.3) is 11.5 Å². The molecule has 2 aromatic rings. The van der Waals surface area contributed by atoms with E-state index in [9.17, 15) is 8.42 Å². The molecule has 1 unspecified atom stereocenters. The Morgan fingerprint density at radius 2 is 2.25 bits per heavy atom. The van der Waals surface area contributed by atoms with Gasteiger partial charge in [0.15, 0.2) is 0 Å². The third kappa shape index (κ3) is 3.84. The molecule has 9 heteroatoms. The molecule has 108 valence electrons. The Morgan fingerprint density at radius 1 is 1.50 bits per heavy atom. The van der Waals surface area contributed by atoms with Gasteiger partial charge in [0.1, 0.15) is 15.5 Å². The fourth-order valence-electron chi connectivity index (χ4n) is 1.50. The molecule has 2 aromatic heterocycles. The van der Waals surface area contributed by atoms with Gasteiger partial charge >= 0.3 is 0 Å². The van der Waals surface area contributed by atoms with Gasteiger partial charge in [-0.05, 0) is 34.5 Å². The molecule has 0 saturated heterocycles. The Kier molecular flexibility index (Phi) is 4.51. The first kappa shape index (κ1) is 15.1. The molecule has 2 N–H and O–H groups in total. The number of pyridine rings is 1. The second-order valence-electron chi connectivity index (χ2n) is 4.32. The molecule has 0 saturated carbocycles. The van der Waals surface area contributed by atoms with E-state index in [1.54, 1.807) is 12.3 Å². The maximum absolute atomic E-state index is 11.1. The van der Waals surface area contributed by atoms with Crippen LogP contribution in [0.15, 0.2) is 27.3 Å². The SMILES string of the molecule is CS(=O)(=O)CCC(N)c1nc(-c2ncccc2Br)no1. The highest BCUT2D eigenvalue weighted by molar-refractivity contribution is 9.10. The van der Waals surface area contributed by atoms with E-state index in [0.29, 0.717) is 11.5 Å². The van der Waals surface area contributed by atoms with E-state index in [-0.39, 0.29) is 18.1 Å². The largest absolute Gasteiger partial charge is 0.337 e. The lowest BCUT2D eigenvalue weighted by Gasteiger charge is -2.04. The predicted octanol–water partition coefficient (Wildman–Crippen LogP) is 1.33. The Balaban J connectivity index is 2.15. The van der Waals surface area contributed by atoms with Crippen LogP contribution in [0.1, 0.15) is 18.4 Å². The second kappa shape index (κ2) is 5.98. The number of nitrogens with zero attached hydrogens (tertiary/aromatic N) is 3. The molecule has 0 spiro atoms. The molecule has 0 bridgehead atoms. The van der Waals surface area contributed by atoms with Gasteiger partial charge in [0.2, 0.25) is 11.7 Å². The Labute approximate surface area is 124 Å². The van der Waals surface area contributed by atoms with Crippen LogP contribution in [-0.4, -0.2) is 35.6 Å². The highest BCUT2D eigenvalue weighted by Gasteiger charge is 2.19. The summed E-state index contributed by atoms with van der Waals surface area (Å²) >= 11 is 3.34. The zero-order valence-corrected chi connectivity index (χ0v) is 13.1. The van der Waals surface area contributed by atoms with E-state index in [1.165, 1.54) is 0 Å². The lowest BCUT2D eigenvalue weighted by molar-refractivity contribution is 0.352. The first-order valence-electron chi connectivity index (χ1n) is 5.74. The van der Waals surface area contributed by atoms with Crippen molar-refractivity contribution in [1.29, 1.82) is 0 Å². The van der Waals surface area contributed by atoms with Gasteiger partial charge in [0, 0.05) is 16.9 Å². The van der Waals surface area contributed by atoms with Crippen molar-refractivity contribution in [3.8, 4) is 11.5 Å². The molecule has 7 nitrogen and oxygen atoms in total. The molecule has 0 aromatic carbocycles. The highest BCUT2D eigenvalue weighted by atomic mass is 79.9. The van der Waals surface area contributed by atoms with Crippen molar-refractivity contribution >= 4 is 25.8 Å². The Hall–Kier alpha value is -1.32. The zero-order valence-electron chi connectivity index (χ0n) is 10.7. The van der Waals surface area contributed by atoms with Crippen LogP contribution in [0.2, 0.25) is 0 Å². The van der Waals surface area contributed by atoms with Crippen molar-refractivity contribution in [3.05, 3.63) is 28.7 Å². The second-order valence-corrected chi connectivity index (χ2v) is 7.43. The fourth-order valence-corrected chi connectivity index (χ4v) is 2.61. The molecule has 0 aliphatic rings. The smallest absolute Gasteiger partial charge is 0.243 e. The third-order valence-electron chi connectivity index (χ3n) is 2.53. The minimum absolute atomic E-state index is 0.0286. The maximum atomic E-state index is 11.1. The van der Waals surface area contributed by atoms with Crippen molar-refractivity contribution in [2.24, 2.45) is 5.73 Å². The van der Waals surface area contributed by atoms with Gasteiger partial charge in [0.05, 0.1) is 11.8 Å². The standard InChI is InChI=1S/C11H13BrN4O3S/c1-20(17,18)6-4-8(13)11-15-10(16-19-11)9-7(12)3-2-5-14-9/h2-3,5,8H,4,6,13H2,1H3. The van der Waals surface area contributed by atoms with Crippen LogP contribution in [0.3, 0.4) is 0 Å². The fraction of sp³-hybridized carbons (Fsp3) is 0.364. The topological polar surface area (TPSA) is 112 Å². The van der Waals surface area contributed by atoms with Gasteiger partial charge in [-0.25, -0.2) is 8.42 Å². The molecule has 0 aliphatic heterocycles. The van der Waals surface area contributed by atoms with Crippen molar-refractivity contribution in [3.63, 3.8) is 0 Å². The summed E-state index contributed by atoms with van der Waals surface area (Å²) in [5, 5.41) is 3.80. The van der Waals surface area contributed by atoms with E-state index in [4.69, 9.17) is 10.3 Å². The van der Waals surface area contributed by atoms with Gasteiger partial charge in [-0.1, -0.05) is 5.16 Å². The van der Waals surface area contributed by atoms with Gasteiger partial charge in [-0.15, -0.1) is 0 Å². The van der Waals surface area contributed by atoms with Crippen molar-refractivity contribution < 1.29 is 12.9 Å². The van der Waals surface area contributed by atoms with E-state index >= 15 is 0 Å². The van der Waals surface area contributed by atoms with Gasteiger partial charge in [-0.2, -0.15) is 4.98 Å². The highest BCUT2D eigenvalue weighted by Crippen LogP contribution is 2.24. The molecule has 2 rings (SSSR count). The first-order chi connectivity index (χ1) is 9.37. The molecular weight excluding hydrogens is 348 g/mol. The summed E-state index contributed by atoms with van der Waals surface area (Å²) in [4.78, 5) is 8.29. The normalized spacial score (nSPS) is 13.3. The third-order valence-corrected chi connectivity index (χ3v) is 4.15. The number of nitrogens with two attached hydrogens (primary N) is 1. The van der Waals surface area contributed by atoms with Crippen LogP contribution in [-0.2, 0) is 9.84 Å². The number of rotatable bonds is 5. The number of hydrogen-bond donors (Lipinski definition) is 1. The number of aromatic nitrogens is 3. The van der Waals surface area contributed by atoms with Crippen LogP contribution in [0.4, 0.5) is 0 Å². The van der Waals surface area contributed by atoms with Gasteiger partial charge < -0.3 is 10.3 Å². The van der Waals surface area contributed by atoms with E-state index in [1.807, 2.05) is 6.07 Å². The van der Waals surface area contributed by atoms with Crippen LogP contribution in [0.5, 0.6) is 0 Å².